The second-order valence-electron chi connectivity index (χ2n) is 6.04. The van der Waals surface area contributed by atoms with Crippen molar-refractivity contribution in [3.63, 3.8) is 0 Å². The molecule has 0 saturated carbocycles. The molecule has 0 aliphatic rings. The Balaban J connectivity index is 3.42. The molecule has 0 saturated heterocycles. The smallest absolute Gasteiger partial charge is 0.192 e. The van der Waals surface area contributed by atoms with Crippen molar-refractivity contribution in [1.29, 1.82) is 0 Å². The molecule has 1 N–H and O–H groups in total. The van der Waals surface area contributed by atoms with Crippen LogP contribution >= 0.6 is 7.26 Å². The fourth-order valence-corrected chi connectivity index (χ4v) is 4.49. The standard InChI is InChI=1S/C16H32O2P/c1-4-16(18)15-19(2,3)14-12-10-8-6-5-7-9-11-13-17/h4,17H,1,5-15H2,2-3H3/q+1. The first kappa shape index (κ1) is 18.8. The number of ketones is 1. The van der Waals surface area contributed by atoms with Gasteiger partial charge in [0.2, 0.25) is 0 Å². The van der Waals surface area contributed by atoms with E-state index >= 15 is 0 Å². The van der Waals surface area contributed by atoms with E-state index in [1.54, 1.807) is 0 Å². The van der Waals surface area contributed by atoms with Crippen molar-refractivity contribution in [2.75, 3.05) is 32.3 Å². The Labute approximate surface area is 120 Å². The normalized spacial score (nSPS) is 11.5. The van der Waals surface area contributed by atoms with Crippen molar-refractivity contribution in [1.82, 2.24) is 0 Å². The van der Waals surface area contributed by atoms with Crippen molar-refractivity contribution in [2.45, 2.75) is 51.4 Å². The third-order valence-corrected chi connectivity index (χ3v) is 6.18. The second-order valence-corrected chi connectivity index (χ2v) is 10.7. The summed E-state index contributed by atoms with van der Waals surface area (Å²) in [6, 6.07) is 0. The van der Waals surface area contributed by atoms with Gasteiger partial charge in [0.05, 0.1) is 6.16 Å². The highest BCUT2D eigenvalue weighted by molar-refractivity contribution is 7.75. The number of hydrogen-bond donors (Lipinski definition) is 1. The third kappa shape index (κ3) is 12.6. The molecule has 0 fully saturated rings. The highest BCUT2D eigenvalue weighted by Gasteiger charge is 2.26. The van der Waals surface area contributed by atoms with Gasteiger partial charge in [0.15, 0.2) is 5.78 Å². The molecule has 3 heteroatoms. The van der Waals surface area contributed by atoms with Crippen LogP contribution in [0.25, 0.3) is 0 Å². The number of unbranched alkanes of at least 4 members (excludes halogenated alkanes) is 7. The first-order valence-corrected chi connectivity index (χ1v) is 10.7. The minimum absolute atomic E-state index is 0.210. The first-order valence-electron chi connectivity index (χ1n) is 7.60. The van der Waals surface area contributed by atoms with Gasteiger partial charge in [-0.15, -0.1) is 0 Å². The van der Waals surface area contributed by atoms with Crippen LogP contribution in [0.2, 0.25) is 0 Å². The molecule has 112 valence electrons. The molecule has 0 unspecified atom stereocenters. The Hall–Kier alpha value is -0.200. The molecule has 2 nitrogen and oxygen atoms in total. The number of carbonyl (C=O) groups excluding carboxylic acids is 1. The predicted molar refractivity (Wildman–Crippen MR) is 87.7 cm³/mol. The van der Waals surface area contributed by atoms with Gasteiger partial charge in [-0.3, -0.25) is 4.79 Å². The van der Waals surface area contributed by atoms with Crippen LogP contribution in [-0.4, -0.2) is 43.2 Å². The summed E-state index contributed by atoms with van der Waals surface area (Å²) in [5, 5.41) is 8.67. The molecule has 0 rings (SSSR count). The monoisotopic (exact) mass is 287 g/mol. The molecule has 0 spiro atoms. The molecule has 0 aliphatic carbocycles. The Morgan fingerprint density at radius 3 is 1.95 bits per heavy atom. The zero-order valence-electron chi connectivity index (χ0n) is 12.9. The quantitative estimate of drug-likeness (QED) is 0.314. The topological polar surface area (TPSA) is 37.3 Å². The number of allylic oxidation sites excluding steroid dienone is 1. The molecule has 0 aromatic rings. The molecular formula is C16H32O2P+. The fraction of sp³-hybridized carbons (Fsp3) is 0.812. The molecular weight excluding hydrogens is 255 g/mol. The zero-order chi connectivity index (χ0) is 14.6. The number of carbonyl (C=O) groups is 1. The molecule has 0 heterocycles. The number of aliphatic hydroxyl groups excluding tert-OH is 1. The van der Waals surface area contributed by atoms with Crippen molar-refractivity contribution in [3.8, 4) is 0 Å². The summed E-state index contributed by atoms with van der Waals surface area (Å²) in [4.78, 5) is 11.4. The molecule has 19 heavy (non-hydrogen) atoms. The van der Waals surface area contributed by atoms with E-state index in [0.29, 0.717) is 6.61 Å². The van der Waals surface area contributed by atoms with Gasteiger partial charge in [-0.2, -0.15) is 0 Å². The van der Waals surface area contributed by atoms with Gasteiger partial charge in [-0.25, -0.2) is 0 Å². The molecule has 0 radical (unpaired) electrons. The Bertz CT molecular complexity index is 249. The minimum Gasteiger partial charge on any atom is -0.396 e. The second kappa shape index (κ2) is 11.6. The molecule has 0 aliphatic heterocycles. The van der Waals surface area contributed by atoms with Crippen LogP contribution < -0.4 is 0 Å². The molecule has 0 aromatic heterocycles. The lowest BCUT2D eigenvalue weighted by molar-refractivity contribution is -0.112. The predicted octanol–water partition coefficient (Wildman–Crippen LogP) is 4.13. The number of aliphatic hydroxyl groups is 1. The SMILES string of the molecule is C=CC(=O)C[P+](C)(C)CCCCCCCCCCO. The maximum Gasteiger partial charge on any atom is 0.192 e. The highest BCUT2D eigenvalue weighted by atomic mass is 31.2. The van der Waals surface area contributed by atoms with E-state index in [1.165, 1.54) is 57.2 Å². The lowest BCUT2D eigenvalue weighted by atomic mass is 10.1. The summed E-state index contributed by atoms with van der Waals surface area (Å²) < 4.78 is 0. The van der Waals surface area contributed by atoms with Crippen molar-refractivity contribution in [3.05, 3.63) is 12.7 Å². The number of hydrogen-bond acceptors (Lipinski definition) is 2. The van der Waals surface area contributed by atoms with Crippen LogP contribution in [0.4, 0.5) is 0 Å². The van der Waals surface area contributed by atoms with Crippen LogP contribution in [0.15, 0.2) is 12.7 Å². The van der Waals surface area contributed by atoms with E-state index in [0.717, 1.165) is 12.6 Å². The van der Waals surface area contributed by atoms with Gasteiger partial charge < -0.3 is 5.11 Å². The molecule has 0 amide bonds. The van der Waals surface area contributed by atoms with Crippen LogP contribution in [0.5, 0.6) is 0 Å². The molecule has 0 bridgehead atoms. The summed E-state index contributed by atoms with van der Waals surface area (Å²) in [6.07, 6.45) is 13.3. The third-order valence-electron chi connectivity index (χ3n) is 3.48. The molecule has 0 aromatic carbocycles. The van der Waals surface area contributed by atoms with E-state index in [-0.39, 0.29) is 5.78 Å². The summed E-state index contributed by atoms with van der Waals surface area (Å²) in [6.45, 7) is 8.45. The van der Waals surface area contributed by atoms with E-state index in [2.05, 4.69) is 19.9 Å². The van der Waals surface area contributed by atoms with Gasteiger partial charge in [-0.1, -0.05) is 38.7 Å². The lowest BCUT2D eigenvalue weighted by Crippen LogP contribution is -2.08. The van der Waals surface area contributed by atoms with E-state index in [4.69, 9.17) is 5.11 Å². The summed E-state index contributed by atoms with van der Waals surface area (Å²) >= 11 is 0. The van der Waals surface area contributed by atoms with Crippen molar-refractivity contribution >= 4 is 13.0 Å². The lowest BCUT2D eigenvalue weighted by Gasteiger charge is -2.16. The van der Waals surface area contributed by atoms with E-state index in [9.17, 15) is 4.79 Å². The van der Waals surface area contributed by atoms with Gasteiger partial charge in [0.1, 0.15) is 6.16 Å². The highest BCUT2D eigenvalue weighted by Crippen LogP contribution is 2.51. The maximum absolute atomic E-state index is 11.4. The Morgan fingerprint density at radius 2 is 1.47 bits per heavy atom. The van der Waals surface area contributed by atoms with Crippen LogP contribution in [0.1, 0.15) is 51.4 Å². The van der Waals surface area contributed by atoms with Gasteiger partial charge in [0.25, 0.3) is 0 Å². The summed E-state index contributed by atoms with van der Waals surface area (Å²) in [5.74, 6) is 0.210. The largest absolute Gasteiger partial charge is 0.396 e. The Morgan fingerprint density at radius 1 is 1.00 bits per heavy atom. The molecule has 0 atom stereocenters. The van der Waals surface area contributed by atoms with E-state index in [1.807, 2.05) is 0 Å². The van der Waals surface area contributed by atoms with Gasteiger partial charge in [-0.05, 0) is 25.3 Å². The maximum atomic E-state index is 11.4. The first-order chi connectivity index (χ1) is 9.02. The minimum atomic E-state index is -1.03. The average molecular weight is 287 g/mol. The van der Waals surface area contributed by atoms with Crippen LogP contribution in [0, 0.1) is 0 Å². The van der Waals surface area contributed by atoms with Crippen molar-refractivity contribution < 1.29 is 9.90 Å². The fourth-order valence-electron chi connectivity index (χ4n) is 2.28. The van der Waals surface area contributed by atoms with Crippen LogP contribution in [0.3, 0.4) is 0 Å². The number of rotatable bonds is 13. The Kier molecular flexibility index (Phi) is 11.5. The average Bonchev–Trinajstić information content (AvgIpc) is 2.36. The van der Waals surface area contributed by atoms with Gasteiger partial charge in [0, 0.05) is 27.2 Å². The zero-order valence-corrected chi connectivity index (χ0v) is 13.8. The van der Waals surface area contributed by atoms with E-state index < -0.39 is 7.26 Å². The van der Waals surface area contributed by atoms with Crippen LogP contribution in [-0.2, 0) is 4.79 Å². The summed E-state index contributed by atoms with van der Waals surface area (Å²) in [5.41, 5.74) is 0. The van der Waals surface area contributed by atoms with Crippen molar-refractivity contribution in [2.24, 2.45) is 0 Å². The van der Waals surface area contributed by atoms with Gasteiger partial charge >= 0.3 is 0 Å². The summed E-state index contributed by atoms with van der Waals surface area (Å²) in [7, 11) is -1.03.